The molecule has 0 saturated carbocycles. The largest absolute Gasteiger partial charge is 0.266 e. The second-order valence-electron chi connectivity index (χ2n) is 5.92. The quantitative estimate of drug-likeness (QED) is 0.692. The third kappa shape index (κ3) is 2.78. The molecule has 0 atom stereocenters. The van der Waals surface area contributed by atoms with Crippen LogP contribution in [0.1, 0.15) is 18.1 Å². The SMILES string of the molecule is CCN(c1c(C)cccc1C)S(=O)(=O)c1ccc2ccccc2c1. The van der Waals surface area contributed by atoms with E-state index in [4.69, 9.17) is 0 Å². The van der Waals surface area contributed by atoms with Gasteiger partial charge in [-0.3, -0.25) is 4.31 Å². The van der Waals surface area contributed by atoms with Gasteiger partial charge in [0, 0.05) is 6.54 Å². The van der Waals surface area contributed by atoms with Crippen LogP contribution in [0.5, 0.6) is 0 Å². The van der Waals surface area contributed by atoms with Crippen molar-refractivity contribution in [1.29, 1.82) is 0 Å². The van der Waals surface area contributed by atoms with Crippen LogP contribution in [0.4, 0.5) is 5.69 Å². The second-order valence-corrected chi connectivity index (χ2v) is 7.78. The van der Waals surface area contributed by atoms with Crippen LogP contribution < -0.4 is 4.31 Å². The first kappa shape index (κ1) is 16.5. The third-order valence-electron chi connectivity index (χ3n) is 4.29. The Hall–Kier alpha value is -2.33. The van der Waals surface area contributed by atoms with Gasteiger partial charge in [-0.2, -0.15) is 0 Å². The number of anilines is 1. The molecule has 0 N–H and O–H groups in total. The third-order valence-corrected chi connectivity index (χ3v) is 6.16. The van der Waals surface area contributed by atoms with Crippen molar-refractivity contribution in [2.45, 2.75) is 25.7 Å². The summed E-state index contributed by atoms with van der Waals surface area (Å²) in [6, 6.07) is 18.9. The van der Waals surface area contributed by atoms with Gasteiger partial charge >= 0.3 is 0 Å². The minimum Gasteiger partial charge on any atom is -0.266 e. The highest BCUT2D eigenvalue weighted by Crippen LogP contribution is 2.30. The lowest BCUT2D eigenvalue weighted by Crippen LogP contribution is -2.32. The fourth-order valence-corrected chi connectivity index (χ4v) is 4.74. The zero-order valence-electron chi connectivity index (χ0n) is 14.2. The van der Waals surface area contributed by atoms with E-state index in [1.165, 1.54) is 4.31 Å². The number of hydrogen-bond acceptors (Lipinski definition) is 2. The Morgan fingerprint density at radius 2 is 1.46 bits per heavy atom. The zero-order valence-corrected chi connectivity index (χ0v) is 15.0. The smallest absolute Gasteiger partial charge is 0.264 e. The summed E-state index contributed by atoms with van der Waals surface area (Å²) >= 11 is 0. The molecule has 24 heavy (non-hydrogen) atoms. The van der Waals surface area contributed by atoms with Crippen molar-refractivity contribution in [2.24, 2.45) is 0 Å². The van der Waals surface area contributed by atoms with Gasteiger partial charge in [-0.05, 0) is 54.8 Å². The predicted molar refractivity (Wildman–Crippen MR) is 100 cm³/mol. The molecule has 3 nitrogen and oxygen atoms in total. The monoisotopic (exact) mass is 339 g/mol. The van der Waals surface area contributed by atoms with E-state index in [0.29, 0.717) is 11.4 Å². The summed E-state index contributed by atoms with van der Waals surface area (Å²) in [4.78, 5) is 0.325. The maximum Gasteiger partial charge on any atom is 0.264 e. The molecule has 0 amide bonds. The Morgan fingerprint density at radius 3 is 2.08 bits per heavy atom. The molecule has 0 unspecified atom stereocenters. The summed E-state index contributed by atoms with van der Waals surface area (Å²) in [5.74, 6) is 0. The van der Waals surface area contributed by atoms with Crippen molar-refractivity contribution in [3.63, 3.8) is 0 Å². The van der Waals surface area contributed by atoms with Gasteiger partial charge in [-0.25, -0.2) is 8.42 Å². The standard InChI is InChI=1S/C20H21NO2S/c1-4-21(20-15(2)8-7-9-16(20)3)24(22,23)19-13-12-17-10-5-6-11-18(17)14-19/h5-14H,4H2,1-3H3. The highest BCUT2D eigenvalue weighted by Gasteiger charge is 2.26. The van der Waals surface area contributed by atoms with Crippen molar-refractivity contribution in [2.75, 3.05) is 10.8 Å². The van der Waals surface area contributed by atoms with Crippen LogP contribution >= 0.6 is 0 Å². The van der Waals surface area contributed by atoms with Gasteiger partial charge in [0.2, 0.25) is 0 Å². The number of benzene rings is 3. The Balaban J connectivity index is 2.16. The van der Waals surface area contributed by atoms with E-state index in [2.05, 4.69) is 0 Å². The molecule has 0 spiro atoms. The minimum atomic E-state index is -3.61. The normalized spacial score (nSPS) is 11.6. The van der Waals surface area contributed by atoms with Gasteiger partial charge in [-0.15, -0.1) is 0 Å². The lowest BCUT2D eigenvalue weighted by Gasteiger charge is -2.26. The molecule has 124 valence electrons. The number of aryl methyl sites for hydroxylation is 2. The molecule has 0 aromatic heterocycles. The average molecular weight is 339 g/mol. The van der Waals surface area contributed by atoms with E-state index < -0.39 is 10.0 Å². The molecule has 0 heterocycles. The summed E-state index contributed by atoms with van der Waals surface area (Å²) in [7, 11) is -3.61. The molecule has 0 aliphatic carbocycles. The first-order chi connectivity index (χ1) is 11.4. The Bertz CT molecular complexity index is 973. The number of fused-ring (bicyclic) bond motifs is 1. The molecule has 0 saturated heterocycles. The fraction of sp³-hybridized carbons (Fsp3) is 0.200. The van der Waals surface area contributed by atoms with Crippen LogP contribution in [0.3, 0.4) is 0 Å². The molecule has 3 aromatic carbocycles. The first-order valence-corrected chi connectivity index (χ1v) is 9.47. The molecular weight excluding hydrogens is 318 g/mol. The van der Waals surface area contributed by atoms with Gasteiger partial charge in [0.15, 0.2) is 0 Å². The molecule has 0 bridgehead atoms. The summed E-state index contributed by atoms with van der Waals surface area (Å²) in [5.41, 5.74) is 2.69. The van der Waals surface area contributed by atoms with Crippen LogP contribution in [-0.2, 0) is 10.0 Å². The molecule has 3 aromatic rings. The summed E-state index contributed by atoms with van der Waals surface area (Å²) in [6.07, 6.45) is 0. The van der Waals surface area contributed by atoms with E-state index in [0.717, 1.165) is 27.6 Å². The molecule has 4 heteroatoms. The molecule has 0 fully saturated rings. The number of sulfonamides is 1. The number of nitrogens with zero attached hydrogens (tertiary/aromatic N) is 1. The van der Waals surface area contributed by atoms with E-state index >= 15 is 0 Å². The van der Waals surface area contributed by atoms with Crippen molar-refractivity contribution >= 4 is 26.5 Å². The zero-order chi connectivity index (χ0) is 17.3. The highest BCUT2D eigenvalue weighted by molar-refractivity contribution is 7.92. The average Bonchev–Trinajstić information content (AvgIpc) is 2.57. The van der Waals surface area contributed by atoms with E-state index in [-0.39, 0.29) is 0 Å². The predicted octanol–water partition coefficient (Wildman–Crippen LogP) is 4.67. The number of hydrogen-bond donors (Lipinski definition) is 0. The second kappa shape index (κ2) is 6.29. The summed E-state index contributed by atoms with van der Waals surface area (Å²) in [6.45, 7) is 6.15. The van der Waals surface area contributed by atoms with Gasteiger partial charge < -0.3 is 0 Å². The lowest BCUT2D eigenvalue weighted by molar-refractivity contribution is 0.591. The van der Waals surface area contributed by atoms with Gasteiger partial charge in [-0.1, -0.05) is 48.5 Å². The van der Waals surface area contributed by atoms with E-state index in [1.807, 2.05) is 69.3 Å². The molecule has 3 rings (SSSR count). The van der Waals surface area contributed by atoms with E-state index in [9.17, 15) is 8.42 Å². The van der Waals surface area contributed by atoms with Crippen LogP contribution in [0.25, 0.3) is 10.8 Å². The lowest BCUT2D eigenvalue weighted by atomic mass is 10.1. The maximum absolute atomic E-state index is 13.2. The molecular formula is C20H21NO2S. The summed E-state index contributed by atoms with van der Waals surface area (Å²) in [5, 5.41) is 1.96. The van der Waals surface area contributed by atoms with Gasteiger partial charge in [0.25, 0.3) is 10.0 Å². The fourth-order valence-electron chi connectivity index (χ4n) is 3.10. The van der Waals surface area contributed by atoms with Crippen molar-refractivity contribution in [1.82, 2.24) is 0 Å². The molecule has 0 aliphatic rings. The first-order valence-electron chi connectivity index (χ1n) is 8.03. The molecule has 0 aliphatic heterocycles. The van der Waals surface area contributed by atoms with Crippen LogP contribution in [0.15, 0.2) is 65.6 Å². The van der Waals surface area contributed by atoms with Crippen molar-refractivity contribution < 1.29 is 8.42 Å². The highest BCUT2D eigenvalue weighted by atomic mass is 32.2. The Labute approximate surface area is 143 Å². The van der Waals surface area contributed by atoms with Crippen LogP contribution in [0.2, 0.25) is 0 Å². The minimum absolute atomic E-state index is 0.325. The van der Waals surface area contributed by atoms with E-state index in [1.54, 1.807) is 12.1 Å². The molecule has 0 radical (unpaired) electrons. The topological polar surface area (TPSA) is 37.4 Å². The number of rotatable bonds is 4. The van der Waals surface area contributed by atoms with Gasteiger partial charge in [0.1, 0.15) is 0 Å². The Morgan fingerprint density at radius 1 is 0.833 bits per heavy atom. The summed E-state index contributed by atoms with van der Waals surface area (Å²) < 4.78 is 28.0. The Kier molecular flexibility index (Phi) is 4.33. The van der Waals surface area contributed by atoms with Crippen LogP contribution in [0, 0.1) is 13.8 Å². The van der Waals surface area contributed by atoms with Crippen LogP contribution in [-0.4, -0.2) is 15.0 Å². The van der Waals surface area contributed by atoms with Crippen molar-refractivity contribution in [3.8, 4) is 0 Å². The maximum atomic E-state index is 13.2. The number of para-hydroxylation sites is 1. The van der Waals surface area contributed by atoms with Crippen molar-refractivity contribution in [3.05, 3.63) is 71.8 Å². The van der Waals surface area contributed by atoms with Gasteiger partial charge in [0.05, 0.1) is 10.6 Å².